The molecule has 0 radical (unpaired) electrons. The van der Waals surface area contributed by atoms with Crippen molar-refractivity contribution in [1.82, 2.24) is 14.7 Å². The van der Waals surface area contributed by atoms with Gasteiger partial charge < -0.3 is 67.9 Å². The fraction of sp³-hybridized carbons (Fsp3) is 0.745. The normalized spacial score (nSPS) is 40.1. The Morgan fingerprint density at radius 2 is 1.46 bits per heavy atom. The van der Waals surface area contributed by atoms with E-state index in [1.54, 1.807) is 27.9 Å². The fourth-order valence-electron chi connectivity index (χ4n) is 12.5. The molecule has 3 N–H and O–H groups in total. The van der Waals surface area contributed by atoms with Crippen LogP contribution >= 0.6 is 0 Å². The van der Waals surface area contributed by atoms with E-state index >= 15 is 0 Å². The van der Waals surface area contributed by atoms with Gasteiger partial charge in [-0.1, -0.05) is 69.3 Å². The number of ether oxygens (including phenoxy) is 8. The van der Waals surface area contributed by atoms with Crippen molar-refractivity contribution in [2.24, 2.45) is 17.8 Å². The Morgan fingerprint density at radius 1 is 0.859 bits per heavy atom. The van der Waals surface area contributed by atoms with Crippen molar-refractivity contribution in [3.63, 3.8) is 0 Å². The second-order valence-electron chi connectivity index (χ2n) is 22.5. The molecule has 0 amide bonds. The Kier molecular flexibility index (Phi) is 18.6. The number of likely N-dealkylation sites (N-methyl/N-ethyl adjacent to an activating group) is 2. The van der Waals surface area contributed by atoms with E-state index in [9.17, 15) is 24.9 Å². The lowest BCUT2D eigenvalue weighted by Crippen LogP contribution is -2.63. The SMILES string of the molecule is CC[C@H]1OC(=O)[C@H](C)[C@@H](O[C@H]2C[C@@](C)(OC)[C@@H](N(C)C)[C@H](C)O2)[C@H](C)[C@@H](O[C@@H]2O[C@H](C)C[C@H](N(C)C)[C@H]2OC(=O)OCC2c3ccccc3-c3ccccc32)[C@](C)(O)C[C@@H](C)N(C)C[C@H](C)[C@@H](O)[C@]1(C)O. The molecule has 3 aliphatic heterocycles. The number of hydrogen-bond donors (Lipinski definition) is 3. The van der Waals surface area contributed by atoms with Gasteiger partial charge in [0.15, 0.2) is 18.7 Å². The van der Waals surface area contributed by atoms with Crippen LogP contribution in [0.25, 0.3) is 11.1 Å². The lowest BCUT2D eigenvalue weighted by Gasteiger charge is -2.51. The quantitative estimate of drug-likeness (QED) is 0.209. The van der Waals surface area contributed by atoms with Crippen LogP contribution in [-0.4, -0.2) is 188 Å². The Balaban J connectivity index is 1.39. The van der Waals surface area contributed by atoms with Gasteiger partial charge in [-0.15, -0.1) is 0 Å². The van der Waals surface area contributed by atoms with Gasteiger partial charge in [0.05, 0.1) is 59.7 Å². The van der Waals surface area contributed by atoms with Crippen LogP contribution < -0.4 is 0 Å². The second kappa shape index (κ2) is 23.1. The number of cyclic esters (lactones) is 1. The Bertz CT molecular complexity index is 2040. The molecule has 3 heterocycles. The van der Waals surface area contributed by atoms with E-state index in [1.165, 1.54) is 6.92 Å². The first-order chi connectivity index (χ1) is 33.3. The minimum absolute atomic E-state index is 0.0466. The number of rotatable bonds is 11. The lowest BCUT2D eigenvalue weighted by atomic mass is 9.78. The topological polar surface area (TPSA) is 178 Å². The van der Waals surface area contributed by atoms with Gasteiger partial charge in [-0.2, -0.15) is 0 Å². The van der Waals surface area contributed by atoms with Gasteiger partial charge in [0.25, 0.3) is 0 Å². The highest BCUT2D eigenvalue weighted by molar-refractivity contribution is 5.79. The summed E-state index contributed by atoms with van der Waals surface area (Å²) in [5, 5.41) is 36.8. The van der Waals surface area contributed by atoms with E-state index in [0.717, 1.165) is 22.3 Å². The molecule has 0 aromatic heterocycles. The molecule has 2 aromatic carbocycles. The van der Waals surface area contributed by atoms with Gasteiger partial charge >= 0.3 is 12.1 Å². The average Bonchev–Trinajstić information content (AvgIpc) is 3.62. The number of carbonyl (C=O) groups is 2. The second-order valence-corrected chi connectivity index (χ2v) is 22.5. The minimum atomic E-state index is -1.81. The van der Waals surface area contributed by atoms with Crippen molar-refractivity contribution in [3.8, 4) is 11.1 Å². The average molecular weight is 998 g/mol. The standard InChI is InChI=1S/C55H87N3O13/c1-17-43-55(10,63)48(59)31(2)29-58(15)32(3)27-53(8,62)49(34(5)45(35(6)50(60)68-43)69-44-28-54(9,64-16)47(57(13)14)36(7)67-44)71-51-46(42(56(11)12)26-33(4)66-51)70-52(61)65-30-41-39-24-20-18-22-37(39)38-23-19-21-25-40(38)41/h18-25,31-36,41-49,51,59,62-63H,17,26-30H2,1-16H3/t31-,32+,33+,34-,35+,36-,42-,43+,44-,45-,46+,47-,48+,49+,51-,53+,54+,55+/m0/s1. The number of carbonyl (C=O) groups excluding carboxylic acids is 2. The van der Waals surface area contributed by atoms with Crippen LogP contribution in [-0.2, 0) is 42.7 Å². The number of fused-ring (bicyclic) bond motifs is 3. The predicted octanol–water partition coefficient (Wildman–Crippen LogP) is 6.44. The number of nitrogens with zero attached hydrogens (tertiary/aromatic N) is 3. The molecule has 0 saturated carbocycles. The Labute approximate surface area is 423 Å². The van der Waals surface area contributed by atoms with Gasteiger partial charge in [-0.3, -0.25) is 4.79 Å². The van der Waals surface area contributed by atoms with E-state index < -0.39 is 95.8 Å². The Hall–Kier alpha value is -3.26. The van der Waals surface area contributed by atoms with Gasteiger partial charge in [0.2, 0.25) is 0 Å². The zero-order chi connectivity index (χ0) is 52.5. The van der Waals surface area contributed by atoms with Crippen molar-refractivity contribution in [3.05, 3.63) is 59.7 Å². The summed E-state index contributed by atoms with van der Waals surface area (Å²) in [7, 11) is 11.3. The van der Waals surface area contributed by atoms with Crippen molar-refractivity contribution in [2.45, 2.75) is 191 Å². The number of methoxy groups -OCH3 is 1. The molecule has 3 fully saturated rings. The minimum Gasteiger partial charge on any atom is -0.459 e. The molecule has 0 spiro atoms. The summed E-state index contributed by atoms with van der Waals surface area (Å²) in [4.78, 5) is 34.9. The molecule has 16 nitrogen and oxygen atoms in total. The number of benzene rings is 2. The maximum absolute atomic E-state index is 14.7. The first kappa shape index (κ1) is 57.0. The highest BCUT2D eigenvalue weighted by Gasteiger charge is 2.54. The largest absolute Gasteiger partial charge is 0.508 e. The molecule has 4 aliphatic rings. The summed E-state index contributed by atoms with van der Waals surface area (Å²) in [6.45, 7) is 18.7. The van der Waals surface area contributed by atoms with Crippen LogP contribution in [0, 0.1) is 17.8 Å². The number of aliphatic hydroxyl groups is 3. The molecule has 400 valence electrons. The summed E-state index contributed by atoms with van der Waals surface area (Å²) < 4.78 is 52.2. The zero-order valence-electron chi connectivity index (χ0n) is 45.4. The summed E-state index contributed by atoms with van der Waals surface area (Å²) >= 11 is 0. The van der Waals surface area contributed by atoms with Gasteiger partial charge in [-0.05, 0) is 131 Å². The van der Waals surface area contributed by atoms with Crippen LogP contribution in [0.4, 0.5) is 4.79 Å². The van der Waals surface area contributed by atoms with Crippen molar-refractivity contribution >= 4 is 12.1 Å². The maximum Gasteiger partial charge on any atom is 0.508 e. The summed E-state index contributed by atoms with van der Waals surface area (Å²) in [5.74, 6) is -3.19. The van der Waals surface area contributed by atoms with Crippen molar-refractivity contribution < 1.29 is 62.8 Å². The first-order valence-electron chi connectivity index (χ1n) is 25.8. The number of hydrogen-bond acceptors (Lipinski definition) is 16. The third-order valence-corrected chi connectivity index (χ3v) is 16.4. The van der Waals surface area contributed by atoms with Gasteiger partial charge in [-0.25, -0.2) is 4.79 Å². The molecule has 18 atom stereocenters. The number of esters is 1. The molecule has 16 heteroatoms. The smallest absolute Gasteiger partial charge is 0.459 e. The van der Waals surface area contributed by atoms with Crippen molar-refractivity contribution in [1.29, 1.82) is 0 Å². The van der Waals surface area contributed by atoms with E-state index in [2.05, 4.69) is 29.2 Å². The molecule has 1 aliphatic carbocycles. The van der Waals surface area contributed by atoms with Crippen LogP contribution in [0.15, 0.2) is 48.5 Å². The van der Waals surface area contributed by atoms with Crippen LogP contribution in [0.3, 0.4) is 0 Å². The third kappa shape index (κ3) is 12.3. The molecule has 0 unspecified atom stereocenters. The van der Waals surface area contributed by atoms with Crippen LogP contribution in [0.1, 0.15) is 112 Å². The molecule has 0 bridgehead atoms. The zero-order valence-corrected chi connectivity index (χ0v) is 45.4. The molecule has 6 rings (SSSR count). The molecule has 71 heavy (non-hydrogen) atoms. The predicted molar refractivity (Wildman–Crippen MR) is 270 cm³/mol. The van der Waals surface area contributed by atoms with E-state index in [0.29, 0.717) is 19.4 Å². The molecule has 2 aromatic rings. The van der Waals surface area contributed by atoms with Gasteiger partial charge in [0, 0.05) is 38.0 Å². The maximum atomic E-state index is 14.7. The van der Waals surface area contributed by atoms with Crippen LogP contribution in [0.2, 0.25) is 0 Å². The molecular formula is C55H87N3O13. The van der Waals surface area contributed by atoms with Gasteiger partial charge in [0.1, 0.15) is 18.3 Å². The molecular weight excluding hydrogens is 911 g/mol. The van der Waals surface area contributed by atoms with Crippen molar-refractivity contribution in [2.75, 3.05) is 55.5 Å². The lowest BCUT2D eigenvalue weighted by molar-refractivity contribution is -0.314. The van der Waals surface area contributed by atoms with E-state index in [-0.39, 0.29) is 49.7 Å². The Morgan fingerprint density at radius 3 is 2.03 bits per heavy atom. The van der Waals surface area contributed by atoms with Crippen LogP contribution in [0.5, 0.6) is 0 Å². The third-order valence-electron chi connectivity index (χ3n) is 16.4. The van der Waals surface area contributed by atoms with E-state index in [1.807, 2.05) is 111 Å². The summed E-state index contributed by atoms with van der Waals surface area (Å²) in [6, 6.07) is 15.4. The fourth-order valence-corrected chi connectivity index (χ4v) is 12.5. The summed E-state index contributed by atoms with van der Waals surface area (Å²) in [6.07, 6.45) is -8.10. The summed E-state index contributed by atoms with van der Waals surface area (Å²) in [5.41, 5.74) is 0.139. The first-order valence-corrected chi connectivity index (χ1v) is 25.8. The number of aliphatic hydroxyl groups excluding tert-OH is 1. The highest BCUT2D eigenvalue weighted by Crippen LogP contribution is 2.45. The molecule has 3 saturated heterocycles. The highest BCUT2D eigenvalue weighted by atomic mass is 16.8. The van der Waals surface area contributed by atoms with E-state index in [4.69, 9.17) is 37.9 Å². The monoisotopic (exact) mass is 998 g/mol.